The van der Waals surface area contributed by atoms with Gasteiger partial charge in [0.1, 0.15) is 6.54 Å². The lowest BCUT2D eigenvalue weighted by Gasteiger charge is -2.37. The summed E-state index contributed by atoms with van der Waals surface area (Å²) in [6.45, 7) is 8.52. The summed E-state index contributed by atoms with van der Waals surface area (Å²) in [4.78, 5) is 38.6. The Labute approximate surface area is 126 Å². The Kier molecular flexibility index (Phi) is 5.75. The van der Waals surface area contributed by atoms with E-state index in [0.717, 1.165) is 6.42 Å². The molecule has 0 spiro atoms. The van der Waals surface area contributed by atoms with Gasteiger partial charge >= 0.3 is 5.97 Å². The van der Waals surface area contributed by atoms with E-state index >= 15 is 0 Å². The third-order valence-corrected chi connectivity index (χ3v) is 3.72. The van der Waals surface area contributed by atoms with Crippen LogP contribution in [-0.2, 0) is 14.4 Å². The fourth-order valence-electron chi connectivity index (χ4n) is 2.60. The van der Waals surface area contributed by atoms with Crippen LogP contribution in [0.2, 0.25) is 0 Å². The molecular weight excluding hydrogens is 272 g/mol. The number of likely N-dealkylation sites (N-methyl/N-ethyl adjacent to an activating group) is 1. The van der Waals surface area contributed by atoms with Gasteiger partial charge in [0.2, 0.25) is 11.8 Å². The first-order chi connectivity index (χ1) is 9.66. The molecule has 21 heavy (non-hydrogen) atoms. The van der Waals surface area contributed by atoms with Crippen molar-refractivity contribution in [2.75, 3.05) is 26.2 Å². The quantitative estimate of drug-likeness (QED) is 0.846. The van der Waals surface area contributed by atoms with Crippen LogP contribution in [0.15, 0.2) is 0 Å². The molecule has 1 rings (SSSR count). The third-order valence-electron chi connectivity index (χ3n) is 3.72. The van der Waals surface area contributed by atoms with E-state index in [1.807, 2.05) is 20.8 Å². The maximum Gasteiger partial charge on any atom is 0.323 e. The van der Waals surface area contributed by atoms with Crippen molar-refractivity contribution in [1.82, 2.24) is 9.80 Å². The molecule has 1 saturated heterocycles. The van der Waals surface area contributed by atoms with E-state index in [4.69, 9.17) is 5.11 Å². The second-order valence-corrected chi connectivity index (χ2v) is 6.59. The third kappa shape index (κ3) is 4.72. The predicted octanol–water partition coefficient (Wildman–Crippen LogP) is 1.20. The number of carboxylic acid groups (broad SMARTS) is 1. The summed E-state index contributed by atoms with van der Waals surface area (Å²) >= 11 is 0. The zero-order chi connectivity index (χ0) is 16.2. The monoisotopic (exact) mass is 298 g/mol. The molecule has 0 aromatic rings. The Morgan fingerprint density at radius 1 is 1.29 bits per heavy atom. The highest BCUT2D eigenvalue weighted by Gasteiger charge is 2.34. The van der Waals surface area contributed by atoms with Crippen molar-refractivity contribution in [3.8, 4) is 0 Å². The standard InChI is InChI=1S/C15H26N2O4/c1-5-16(10-12(18)19)13(20)11-7-6-8-17(9-11)14(21)15(2,3)4/h11H,5-10H2,1-4H3,(H,18,19). The van der Waals surface area contributed by atoms with Crippen LogP contribution < -0.4 is 0 Å². The topological polar surface area (TPSA) is 77.9 Å². The molecular formula is C15H26N2O4. The summed E-state index contributed by atoms with van der Waals surface area (Å²) in [5, 5.41) is 8.85. The number of aliphatic carboxylic acids is 1. The number of rotatable bonds is 4. The smallest absolute Gasteiger partial charge is 0.323 e. The van der Waals surface area contributed by atoms with E-state index < -0.39 is 11.4 Å². The Balaban J connectivity index is 2.73. The number of carbonyl (C=O) groups excluding carboxylic acids is 2. The van der Waals surface area contributed by atoms with Gasteiger partial charge in [-0.05, 0) is 19.8 Å². The van der Waals surface area contributed by atoms with Gasteiger partial charge in [-0.2, -0.15) is 0 Å². The first kappa shape index (κ1) is 17.5. The van der Waals surface area contributed by atoms with E-state index in [9.17, 15) is 14.4 Å². The molecule has 0 aromatic carbocycles. The van der Waals surface area contributed by atoms with Crippen LogP contribution in [0.3, 0.4) is 0 Å². The van der Waals surface area contributed by atoms with Gasteiger partial charge in [-0.15, -0.1) is 0 Å². The highest BCUT2D eigenvalue weighted by atomic mass is 16.4. The first-order valence-electron chi connectivity index (χ1n) is 7.46. The van der Waals surface area contributed by atoms with Crippen molar-refractivity contribution >= 4 is 17.8 Å². The zero-order valence-electron chi connectivity index (χ0n) is 13.4. The molecule has 0 bridgehead atoms. The summed E-state index contributed by atoms with van der Waals surface area (Å²) < 4.78 is 0. The second kappa shape index (κ2) is 6.91. The highest BCUT2D eigenvalue weighted by Crippen LogP contribution is 2.24. The van der Waals surface area contributed by atoms with Gasteiger partial charge in [-0.1, -0.05) is 20.8 Å². The molecule has 6 heteroatoms. The minimum Gasteiger partial charge on any atom is -0.480 e. The average molecular weight is 298 g/mol. The van der Waals surface area contributed by atoms with Crippen LogP contribution in [0.25, 0.3) is 0 Å². The minimum atomic E-state index is -1.01. The van der Waals surface area contributed by atoms with Crippen molar-refractivity contribution in [2.24, 2.45) is 11.3 Å². The molecule has 1 fully saturated rings. The van der Waals surface area contributed by atoms with Crippen molar-refractivity contribution in [1.29, 1.82) is 0 Å². The van der Waals surface area contributed by atoms with Crippen LogP contribution in [0.1, 0.15) is 40.5 Å². The first-order valence-corrected chi connectivity index (χ1v) is 7.46. The van der Waals surface area contributed by atoms with Gasteiger partial charge in [0, 0.05) is 25.0 Å². The lowest BCUT2D eigenvalue weighted by Crippen LogP contribution is -2.50. The summed E-state index contributed by atoms with van der Waals surface area (Å²) in [6, 6.07) is 0. The van der Waals surface area contributed by atoms with Gasteiger partial charge in [0.25, 0.3) is 0 Å². The number of carboxylic acids is 1. The number of hydrogen-bond donors (Lipinski definition) is 1. The van der Waals surface area contributed by atoms with E-state index in [2.05, 4.69) is 0 Å². The summed E-state index contributed by atoms with van der Waals surface area (Å²) in [5.41, 5.74) is -0.462. The van der Waals surface area contributed by atoms with Crippen LogP contribution in [0.4, 0.5) is 0 Å². The van der Waals surface area contributed by atoms with Crippen LogP contribution in [0.5, 0.6) is 0 Å². The van der Waals surface area contributed by atoms with Gasteiger partial charge < -0.3 is 14.9 Å². The Hall–Kier alpha value is -1.59. The molecule has 6 nitrogen and oxygen atoms in total. The summed E-state index contributed by atoms with van der Waals surface area (Å²) in [5.74, 6) is -1.42. The van der Waals surface area contributed by atoms with Crippen molar-refractivity contribution in [3.63, 3.8) is 0 Å². The Morgan fingerprint density at radius 3 is 2.38 bits per heavy atom. The van der Waals surface area contributed by atoms with E-state index in [1.165, 1.54) is 4.90 Å². The van der Waals surface area contributed by atoms with Gasteiger partial charge in [0.15, 0.2) is 0 Å². The molecule has 0 saturated carbocycles. The van der Waals surface area contributed by atoms with E-state index in [1.54, 1.807) is 11.8 Å². The molecule has 1 aliphatic rings. The number of amides is 2. The van der Waals surface area contributed by atoms with E-state index in [0.29, 0.717) is 26.1 Å². The van der Waals surface area contributed by atoms with Crippen LogP contribution in [-0.4, -0.2) is 58.9 Å². The lowest BCUT2D eigenvalue weighted by molar-refractivity contribution is -0.149. The van der Waals surface area contributed by atoms with Crippen LogP contribution in [0, 0.1) is 11.3 Å². The van der Waals surface area contributed by atoms with Gasteiger partial charge in [-0.3, -0.25) is 14.4 Å². The average Bonchev–Trinajstić information content (AvgIpc) is 2.42. The largest absolute Gasteiger partial charge is 0.480 e. The highest BCUT2D eigenvalue weighted by molar-refractivity contribution is 5.85. The molecule has 1 N–H and O–H groups in total. The van der Waals surface area contributed by atoms with Crippen molar-refractivity contribution in [3.05, 3.63) is 0 Å². The molecule has 1 atom stereocenters. The van der Waals surface area contributed by atoms with E-state index in [-0.39, 0.29) is 24.3 Å². The zero-order valence-corrected chi connectivity index (χ0v) is 13.4. The molecule has 0 aromatic heterocycles. The lowest BCUT2D eigenvalue weighted by atomic mass is 9.90. The Morgan fingerprint density at radius 2 is 1.90 bits per heavy atom. The molecule has 1 heterocycles. The minimum absolute atomic E-state index is 0.0429. The second-order valence-electron chi connectivity index (χ2n) is 6.59. The fourth-order valence-corrected chi connectivity index (χ4v) is 2.60. The fraction of sp³-hybridized carbons (Fsp3) is 0.800. The molecule has 120 valence electrons. The van der Waals surface area contributed by atoms with Gasteiger partial charge in [0.05, 0.1) is 5.92 Å². The van der Waals surface area contributed by atoms with Crippen molar-refractivity contribution < 1.29 is 19.5 Å². The molecule has 1 aliphatic heterocycles. The normalized spacial score (nSPS) is 19.2. The maximum absolute atomic E-state index is 12.4. The number of piperidine rings is 1. The van der Waals surface area contributed by atoms with Crippen molar-refractivity contribution in [2.45, 2.75) is 40.5 Å². The summed E-state index contributed by atoms with van der Waals surface area (Å²) in [7, 11) is 0. The SMILES string of the molecule is CCN(CC(=O)O)C(=O)C1CCCN(C(=O)C(C)(C)C)C1. The van der Waals surface area contributed by atoms with Crippen LogP contribution >= 0.6 is 0 Å². The molecule has 0 radical (unpaired) electrons. The number of likely N-dealkylation sites (tertiary alicyclic amines) is 1. The predicted molar refractivity (Wildman–Crippen MR) is 78.6 cm³/mol. The summed E-state index contributed by atoms with van der Waals surface area (Å²) in [6.07, 6.45) is 1.49. The number of hydrogen-bond acceptors (Lipinski definition) is 3. The number of carbonyl (C=O) groups is 3. The number of nitrogens with zero attached hydrogens (tertiary/aromatic N) is 2. The molecule has 1 unspecified atom stereocenters. The Bertz CT molecular complexity index is 414. The maximum atomic E-state index is 12.4. The molecule has 0 aliphatic carbocycles. The molecule has 2 amide bonds. The van der Waals surface area contributed by atoms with Gasteiger partial charge in [-0.25, -0.2) is 0 Å².